The average Bonchev–Trinajstić information content (AvgIpc) is 3.24. The molecule has 0 unspecified atom stereocenters. The molecule has 150 valence electrons. The van der Waals surface area contributed by atoms with E-state index in [1.165, 1.54) is 55.6 Å². The molecule has 0 spiro atoms. The molecule has 0 aliphatic heterocycles. The topological polar surface area (TPSA) is 38.9 Å². The molecule has 0 N–H and O–H groups in total. The van der Waals surface area contributed by atoms with Crippen molar-refractivity contribution < 1.29 is 4.52 Å². The predicted molar refractivity (Wildman–Crippen MR) is 122 cm³/mol. The minimum atomic E-state index is -2.56. The van der Waals surface area contributed by atoms with Crippen molar-refractivity contribution in [1.82, 2.24) is 10.1 Å². The number of fused-ring (bicyclic) bond motifs is 1. The predicted octanol–water partition coefficient (Wildman–Crippen LogP) is 6.95. The first-order chi connectivity index (χ1) is 13.7. The van der Waals surface area contributed by atoms with E-state index in [4.69, 9.17) is 9.51 Å². The van der Waals surface area contributed by atoms with E-state index in [2.05, 4.69) is 62.3 Å². The van der Waals surface area contributed by atoms with Gasteiger partial charge in [0.25, 0.3) is 0 Å². The molecule has 0 radical (unpaired) electrons. The van der Waals surface area contributed by atoms with Crippen molar-refractivity contribution in [3.05, 3.63) is 42.5 Å². The van der Waals surface area contributed by atoms with E-state index in [0.717, 1.165) is 22.3 Å². The maximum atomic E-state index is 6.09. The second-order valence-electron chi connectivity index (χ2n) is 8.06. The Morgan fingerprint density at radius 3 is 2.07 bits per heavy atom. The van der Waals surface area contributed by atoms with Crippen LogP contribution in [0.4, 0.5) is 0 Å². The molecule has 2 aromatic heterocycles. The number of unbranched alkanes of at least 4 members (excludes halogenated alkanes) is 3. The van der Waals surface area contributed by atoms with Crippen molar-refractivity contribution in [3.63, 3.8) is 0 Å². The summed E-state index contributed by atoms with van der Waals surface area (Å²) in [5, 5.41) is 5.66. The second kappa shape index (κ2) is 10.4. The average molecular weight is 485 g/mol. The molecule has 0 saturated carbocycles. The summed E-state index contributed by atoms with van der Waals surface area (Å²) < 4.78 is 11.5. The zero-order valence-corrected chi connectivity index (χ0v) is 20.6. The van der Waals surface area contributed by atoms with Crippen LogP contribution in [0.15, 0.2) is 47.0 Å². The van der Waals surface area contributed by atoms with E-state index in [-0.39, 0.29) is 0 Å². The van der Waals surface area contributed by atoms with Gasteiger partial charge < -0.3 is 0 Å². The Hall–Kier alpha value is -1.36. The van der Waals surface area contributed by atoms with Crippen LogP contribution >= 0.6 is 0 Å². The first kappa shape index (κ1) is 21.4. The Labute approximate surface area is 173 Å². The van der Waals surface area contributed by atoms with Gasteiger partial charge in [-0.1, -0.05) is 0 Å². The van der Waals surface area contributed by atoms with E-state index in [9.17, 15) is 0 Å². The van der Waals surface area contributed by atoms with Crippen LogP contribution in [0, 0.1) is 0 Å². The standard InChI is InChI=1S/C12H7N2O.3C4H9.Sn/c1-2-4-10-9(3-1)5-6-11(13-10)12-7-8-15-14-12;3*1-3-4-2;/h1-7H;3*1,3-4H2,2H3;. The zero-order chi connectivity index (χ0) is 19.8. The van der Waals surface area contributed by atoms with Crippen molar-refractivity contribution >= 4 is 33.1 Å². The molecule has 0 saturated heterocycles. The molecule has 0 fully saturated rings. The molecule has 28 heavy (non-hydrogen) atoms. The number of hydrogen-bond donors (Lipinski definition) is 0. The number of rotatable bonds is 11. The van der Waals surface area contributed by atoms with Crippen LogP contribution in [0.2, 0.25) is 13.3 Å². The minimum absolute atomic E-state index is 0.909. The SMILES string of the molecule is CCC[CH2][Sn]([CH2]CCC)([CH2]CCC)[c]1cc(-c2ccc3ccccc3n2)no1. The third-order valence-electron chi connectivity index (χ3n) is 5.92. The zero-order valence-electron chi connectivity index (χ0n) is 17.7. The molecule has 0 atom stereocenters. The van der Waals surface area contributed by atoms with Gasteiger partial charge in [0.1, 0.15) is 0 Å². The summed E-state index contributed by atoms with van der Waals surface area (Å²) in [6.45, 7) is 6.92. The molecule has 0 aliphatic rings. The van der Waals surface area contributed by atoms with Gasteiger partial charge in [-0.25, -0.2) is 0 Å². The molecule has 0 amide bonds. The summed E-state index contributed by atoms with van der Waals surface area (Å²) in [6.07, 6.45) is 7.79. The van der Waals surface area contributed by atoms with E-state index in [0.29, 0.717) is 0 Å². The Bertz CT molecular complexity index is 852. The fourth-order valence-corrected chi connectivity index (χ4v) is 19.2. The first-order valence-electron chi connectivity index (χ1n) is 11.1. The molecule has 2 heterocycles. The van der Waals surface area contributed by atoms with Crippen molar-refractivity contribution in [2.24, 2.45) is 0 Å². The maximum absolute atomic E-state index is 6.09. The summed E-state index contributed by atoms with van der Waals surface area (Å²) >= 11 is -2.56. The Kier molecular flexibility index (Phi) is 7.95. The summed E-state index contributed by atoms with van der Waals surface area (Å²) in [5.41, 5.74) is 2.85. The number of pyridine rings is 1. The summed E-state index contributed by atoms with van der Waals surface area (Å²) in [4.78, 5) is 4.83. The molecular formula is C24H34N2OSn. The van der Waals surface area contributed by atoms with Gasteiger partial charge >= 0.3 is 174 Å². The van der Waals surface area contributed by atoms with Crippen LogP contribution in [-0.4, -0.2) is 28.5 Å². The first-order valence-corrected chi connectivity index (χ1v) is 18.5. The van der Waals surface area contributed by atoms with E-state index in [1.807, 2.05) is 6.07 Å². The van der Waals surface area contributed by atoms with Crippen molar-refractivity contribution in [2.45, 2.75) is 72.6 Å². The van der Waals surface area contributed by atoms with Crippen LogP contribution < -0.4 is 3.78 Å². The van der Waals surface area contributed by atoms with Gasteiger partial charge in [0.05, 0.1) is 0 Å². The van der Waals surface area contributed by atoms with Gasteiger partial charge in [0, 0.05) is 0 Å². The van der Waals surface area contributed by atoms with E-state index in [1.54, 1.807) is 0 Å². The van der Waals surface area contributed by atoms with Gasteiger partial charge in [-0.05, 0) is 0 Å². The molecule has 3 nitrogen and oxygen atoms in total. The van der Waals surface area contributed by atoms with Crippen molar-refractivity contribution in [2.75, 3.05) is 0 Å². The number of para-hydroxylation sites is 1. The number of nitrogens with zero attached hydrogens (tertiary/aromatic N) is 2. The summed E-state index contributed by atoms with van der Waals surface area (Å²) in [6, 6.07) is 14.7. The molecule has 0 bridgehead atoms. The van der Waals surface area contributed by atoms with Gasteiger partial charge in [-0.2, -0.15) is 0 Å². The third-order valence-corrected chi connectivity index (χ3v) is 20.8. The molecule has 1 aromatic carbocycles. The second-order valence-corrected chi connectivity index (χ2v) is 21.1. The third kappa shape index (κ3) is 4.97. The Morgan fingerprint density at radius 2 is 1.43 bits per heavy atom. The Balaban J connectivity index is 1.94. The van der Waals surface area contributed by atoms with E-state index < -0.39 is 18.4 Å². The monoisotopic (exact) mass is 486 g/mol. The van der Waals surface area contributed by atoms with Crippen LogP contribution in [0.25, 0.3) is 22.3 Å². The number of hydrogen-bond acceptors (Lipinski definition) is 3. The van der Waals surface area contributed by atoms with Crippen LogP contribution in [0.3, 0.4) is 0 Å². The van der Waals surface area contributed by atoms with Crippen LogP contribution in [0.5, 0.6) is 0 Å². The van der Waals surface area contributed by atoms with Crippen LogP contribution in [0.1, 0.15) is 59.3 Å². The van der Waals surface area contributed by atoms with Gasteiger partial charge in [-0.3, -0.25) is 0 Å². The summed E-state index contributed by atoms with van der Waals surface area (Å²) in [5.74, 6) is 0. The molecule has 4 heteroatoms. The number of benzene rings is 1. The molecular weight excluding hydrogens is 451 g/mol. The van der Waals surface area contributed by atoms with Gasteiger partial charge in [0.15, 0.2) is 0 Å². The van der Waals surface area contributed by atoms with Gasteiger partial charge in [-0.15, -0.1) is 0 Å². The molecule has 3 aromatic rings. The normalized spacial score (nSPS) is 12.0. The fourth-order valence-electron chi connectivity index (χ4n) is 4.14. The quantitative estimate of drug-likeness (QED) is 0.276. The molecule has 3 rings (SSSR count). The fraction of sp³-hybridized carbons (Fsp3) is 0.500. The Morgan fingerprint density at radius 1 is 0.786 bits per heavy atom. The van der Waals surface area contributed by atoms with E-state index >= 15 is 0 Å². The van der Waals surface area contributed by atoms with Gasteiger partial charge in [0.2, 0.25) is 0 Å². The van der Waals surface area contributed by atoms with Crippen molar-refractivity contribution in [3.8, 4) is 11.4 Å². The molecule has 0 aliphatic carbocycles. The number of aromatic nitrogens is 2. The van der Waals surface area contributed by atoms with Crippen molar-refractivity contribution in [1.29, 1.82) is 0 Å². The summed E-state index contributed by atoms with van der Waals surface area (Å²) in [7, 11) is 0. The van der Waals surface area contributed by atoms with Crippen LogP contribution in [-0.2, 0) is 0 Å².